The second-order valence-electron chi connectivity index (χ2n) is 8.79. The molecule has 25 heavy (non-hydrogen) atoms. The highest BCUT2D eigenvalue weighted by Gasteiger charge is 2.25. The topological polar surface area (TPSA) is 15.7 Å². The van der Waals surface area contributed by atoms with Crippen molar-refractivity contribution in [2.45, 2.75) is 64.3 Å². The van der Waals surface area contributed by atoms with Crippen molar-refractivity contribution in [3.8, 4) is 5.75 Å². The van der Waals surface area contributed by atoms with Crippen LogP contribution in [-0.4, -0.2) is 55.2 Å². The molecule has 0 N–H and O–H groups in total. The molecule has 0 bridgehead atoms. The largest absolute Gasteiger partial charge is 0.494 e. The molecule has 3 heteroatoms. The number of nitrogens with zero attached hydrogens (tertiary/aromatic N) is 2. The Labute approximate surface area is 154 Å². The van der Waals surface area contributed by atoms with E-state index in [2.05, 4.69) is 54.8 Å². The predicted octanol–water partition coefficient (Wildman–Crippen LogP) is 4.31. The summed E-state index contributed by atoms with van der Waals surface area (Å²) >= 11 is 0. The molecular formula is C22H36N2O. The number of benzene rings is 1. The highest BCUT2D eigenvalue weighted by molar-refractivity contribution is 5.31. The van der Waals surface area contributed by atoms with Gasteiger partial charge in [0.1, 0.15) is 5.75 Å². The maximum Gasteiger partial charge on any atom is 0.119 e. The molecule has 140 valence electrons. The normalized spacial score (nSPS) is 20.9. The van der Waals surface area contributed by atoms with Crippen LogP contribution in [0.3, 0.4) is 0 Å². The van der Waals surface area contributed by atoms with Gasteiger partial charge in [-0.05, 0) is 42.4 Å². The Kier molecular flexibility index (Phi) is 6.40. The molecule has 1 aromatic rings. The summed E-state index contributed by atoms with van der Waals surface area (Å²) in [6, 6.07) is 9.50. The van der Waals surface area contributed by atoms with Gasteiger partial charge in [0, 0.05) is 38.8 Å². The molecule has 0 amide bonds. The number of piperazine rings is 1. The van der Waals surface area contributed by atoms with E-state index in [4.69, 9.17) is 4.74 Å². The fourth-order valence-corrected chi connectivity index (χ4v) is 4.15. The molecule has 0 aromatic heterocycles. The van der Waals surface area contributed by atoms with E-state index in [0.29, 0.717) is 0 Å². The molecule has 1 saturated heterocycles. The lowest BCUT2D eigenvalue weighted by Crippen LogP contribution is -2.49. The number of rotatable bonds is 6. The van der Waals surface area contributed by atoms with Crippen molar-refractivity contribution in [3.05, 3.63) is 29.8 Å². The summed E-state index contributed by atoms with van der Waals surface area (Å²) in [4.78, 5) is 5.34. The van der Waals surface area contributed by atoms with Gasteiger partial charge in [0.15, 0.2) is 0 Å². The molecule has 1 heterocycles. The molecule has 2 aliphatic rings. The molecule has 3 rings (SSSR count). The second-order valence-corrected chi connectivity index (χ2v) is 8.79. The van der Waals surface area contributed by atoms with E-state index >= 15 is 0 Å². The predicted molar refractivity (Wildman–Crippen MR) is 106 cm³/mol. The van der Waals surface area contributed by atoms with Gasteiger partial charge in [-0.1, -0.05) is 45.7 Å². The third kappa shape index (κ3) is 5.46. The molecule has 0 radical (unpaired) electrons. The third-order valence-electron chi connectivity index (χ3n) is 5.86. The van der Waals surface area contributed by atoms with Gasteiger partial charge in [-0.2, -0.15) is 0 Å². The zero-order chi connectivity index (χ0) is 17.7. The Morgan fingerprint density at radius 1 is 0.960 bits per heavy atom. The van der Waals surface area contributed by atoms with Gasteiger partial charge < -0.3 is 9.64 Å². The summed E-state index contributed by atoms with van der Waals surface area (Å²) in [5, 5.41) is 0. The van der Waals surface area contributed by atoms with Gasteiger partial charge >= 0.3 is 0 Å². The Balaban J connectivity index is 1.31. The molecule has 0 unspecified atom stereocenters. The minimum Gasteiger partial charge on any atom is -0.494 e. The summed E-state index contributed by atoms with van der Waals surface area (Å²) in [5.41, 5.74) is 1.57. The highest BCUT2D eigenvalue weighted by atomic mass is 16.5. The monoisotopic (exact) mass is 344 g/mol. The molecule has 1 aliphatic heterocycles. The summed E-state index contributed by atoms with van der Waals surface area (Å²) in [7, 11) is 0. The second kappa shape index (κ2) is 8.55. The zero-order valence-electron chi connectivity index (χ0n) is 16.5. The average molecular weight is 345 g/mol. The van der Waals surface area contributed by atoms with E-state index < -0.39 is 0 Å². The van der Waals surface area contributed by atoms with Crippen LogP contribution in [0.5, 0.6) is 5.75 Å². The van der Waals surface area contributed by atoms with Crippen LogP contribution in [0.1, 0.15) is 58.4 Å². The van der Waals surface area contributed by atoms with E-state index in [1.54, 1.807) is 0 Å². The van der Waals surface area contributed by atoms with Gasteiger partial charge in [-0.15, -0.1) is 0 Å². The summed E-state index contributed by atoms with van der Waals surface area (Å²) in [6.07, 6.45) is 6.87. The first kappa shape index (κ1) is 18.7. The van der Waals surface area contributed by atoms with Gasteiger partial charge in [0.25, 0.3) is 0 Å². The Morgan fingerprint density at radius 2 is 1.60 bits per heavy atom. The molecule has 1 aliphatic carbocycles. The van der Waals surface area contributed by atoms with Crippen molar-refractivity contribution >= 4 is 0 Å². The summed E-state index contributed by atoms with van der Waals surface area (Å²) in [6.45, 7) is 13.7. The van der Waals surface area contributed by atoms with E-state index in [0.717, 1.165) is 24.8 Å². The molecule has 0 atom stereocenters. The third-order valence-corrected chi connectivity index (χ3v) is 5.86. The van der Waals surface area contributed by atoms with E-state index in [1.807, 2.05) is 0 Å². The highest BCUT2D eigenvalue weighted by Crippen LogP contribution is 2.25. The number of hydrogen-bond acceptors (Lipinski definition) is 3. The van der Waals surface area contributed by atoms with Gasteiger partial charge in [-0.3, -0.25) is 4.90 Å². The van der Waals surface area contributed by atoms with E-state index in [9.17, 15) is 0 Å². The van der Waals surface area contributed by atoms with Crippen LogP contribution in [0.15, 0.2) is 24.3 Å². The SMILES string of the molecule is CC(C)(C)c1ccc(OCCCN2CCN(C3CCCC3)CC2)cc1. The lowest BCUT2D eigenvalue weighted by molar-refractivity contribution is 0.0941. The Bertz CT molecular complexity index is 506. The number of ether oxygens (including phenoxy) is 1. The maximum atomic E-state index is 5.93. The van der Waals surface area contributed by atoms with Crippen LogP contribution in [0.4, 0.5) is 0 Å². The van der Waals surface area contributed by atoms with Crippen molar-refractivity contribution in [1.82, 2.24) is 9.80 Å². The van der Waals surface area contributed by atoms with Crippen LogP contribution in [-0.2, 0) is 5.41 Å². The molecule has 3 nitrogen and oxygen atoms in total. The zero-order valence-corrected chi connectivity index (χ0v) is 16.5. The Morgan fingerprint density at radius 3 is 2.20 bits per heavy atom. The van der Waals surface area contributed by atoms with Crippen LogP contribution in [0, 0.1) is 0 Å². The maximum absolute atomic E-state index is 5.93. The van der Waals surface area contributed by atoms with Crippen molar-refractivity contribution in [3.63, 3.8) is 0 Å². The van der Waals surface area contributed by atoms with Gasteiger partial charge in [0.2, 0.25) is 0 Å². The minimum atomic E-state index is 0.208. The fourth-order valence-electron chi connectivity index (χ4n) is 4.15. The lowest BCUT2D eigenvalue weighted by atomic mass is 9.87. The lowest BCUT2D eigenvalue weighted by Gasteiger charge is -2.38. The fraction of sp³-hybridized carbons (Fsp3) is 0.727. The standard InChI is InChI=1S/C22H36N2O/c1-22(2,3)19-9-11-21(12-10-19)25-18-6-13-23-14-16-24(17-15-23)20-7-4-5-8-20/h9-12,20H,4-8,13-18H2,1-3H3. The molecule has 0 spiro atoms. The van der Waals surface area contributed by atoms with Crippen LogP contribution in [0.25, 0.3) is 0 Å². The van der Waals surface area contributed by atoms with Gasteiger partial charge in [0.05, 0.1) is 6.61 Å². The molecule has 1 saturated carbocycles. The molecular weight excluding hydrogens is 308 g/mol. The first-order valence-electron chi connectivity index (χ1n) is 10.2. The smallest absolute Gasteiger partial charge is 0.119 e. The van der Waals surface area contributed by atoms with Crippen molar-refractivity contribution in [2.24, 2.45) is 0 Å². The van der Waals surface area contributed by atoms with E-state index in [-0.39, 0.29) is 5.41 Å². The minimum absolute atomic E-state index is 0.208. The first-order valence-corrected chi connectivity index (χ1v) is 10.2. The van der Waals surface area contributed by atoms with Crippen LogP contribution in [0.2, 0.25) is 0 Å². The molecule has 1 aromatic carbocycles. The van der Waals surface area contributed by atoms with Crippen LogP contribution < -0.4 is 4.74 Å². The van der Waals surface area contributed by atoms with Crippen molar-refractivity contribution < 1.29 is 4.74 Å². The average Bonchev–Trinajstić information content (AvgIpc) is 3.13. The quantitative estimate of drug-likeness (QED) is 0.715. The van der Waals surface area contributed by atoms with E-state index in [1.165, 1.54) is 64.0 Å². The van der Waals surface area contributed by atoms with Crippen molar-refractivity contribution in [2.75, 3.05) is 39.3 Å². The summed E-state index contributed by atoms with van der Waals surface area (Å²) in [5.74, 6) is 0.999. The Hall–Kier alpha value is -1.06. The van der Waals surface area contributed by atoms with Crippen molar-refractivity contribution in [1.29, 1.82) is 0 Å². The van der Waals surface area contributed by atoms with Crippen LogP contribution >= 0.6 is 0 Å². The summed E-state index contributed by atoms with van der Waals surface area (Å²) < 4.78 is 5.93. The van der Waals surface area contributed by atoms with Gasteiger partial charge in [-0.25, -0.2) is 0 Å². The molecule has 2 fully saturated rings. The first-order chi connectivity index (χ1) is 12.0. The number of hydrogen-bond donors (Lipinski definition) is 0.